The van der Waals surface area contributed by atoms with Crippen molar-refractivity contribution in [2.75, 3.05) is 7.05 Å². The molecule has 0 aliphatic carbocycles. The maximum absolute atomic E-state index is 13.0. The Labute approximate surface area is 166 Å². The summed E-state index contributed by atoms with van der Waals surface area (Å²) in [5.41, 5.74) is 1.17. The number of hydrogen-bond donors (Lipinski definition) is 1. The predicted molar refractivity (Wildman–Crippen MR) is 109 cm³/mol. The second-order valence-corrected chi connectivity index (χ2v) is 9.94. The first kappa shape index (κ1) is 19.2. The van der Waals surface area contributed by atoms with Crippen LogP contribution in [0.5, 0.6) is 0 Å². The first-order valence-corrected chi connectivity index (χ1v) is 11.5. The van der Waals surface area contributed by atoms with E-state index in [2.05, 4.69) is 5.32 Å². The molecular formula is C22H26N2O3S. The van der Waals surface area contributed by atoms with E-state index in [4.69, 9.17) is 0 Å². The third kappa shape index (κ3) is 3.98. The molecule has 2 aromatic carbocycles. The normalized spacial score (nSPS) is 24.1. The largest absolute Gasteiger partial charge is 0.339 e. The molecule has 1 amide bonds. The molecule has 28 heavy (non-hydrogen) atoms. The van der Waals surface area contributed by atoms with E-state index >= 15 is 0 Å². The van der Waals surface area contributed by atoms with Crippen LogP contribution in [0, 0.1) is 0 Å². The summed E-state index contributed by atoms with van der Waals surface area (Å²) in [7, 11) is -1.67. The van der Waals surface area contributed by atoms with Gasteiger partial charge in [-0.25, -0.2) is 8.42 Å². The molecule has 2 bridgehead atoms. The van der Waals surface area contributed by atoms with Gasteiger partial charge in [0.2, 0.25) is 0 Å². The molecule has 5 nitrogen and oxygen atoms in total. The van der Waals surface area contributed by atoms with Gasteiger partial charge < -0.3 is 10.2 Å². The quantitative estimate of drug-likeness (QED) is 0.841. The summed E-state index contributed by atoms with van der Waals surface area (Å²) in [6.45, 7) is 0. The molecule has 1 N–H and O–H groups in total. The fraction of sp³-hybridized carbons (Fsp3) is 0.409. The molecule has 0 aromatic heterocycles. The van der Waals surface area contributed by atoms with Crippen molar-refractivity contribution in [2.24, 2.45) is 0 Å². The van der Waals surface area contributed by atoms with Crippen LogP contribution in [0.3, 0.4) is 0 Å². The third-order valence-electron chi connectivity index (χ3n) is 5.96. The summed E-state index contributed by atoms with van der Waals surface area (Å²) < 4.78 is 25.6. The van der Waals surface area contributed by atoms with E-state index in [9.17, 15) is 13.2 Å². The highest BCUT2D eigenvalue weighted by atomic mass is 32.2. The van der Waals surface area contributed by atoms with Crippen LogP contribution in [-0.2, 0) is 15.6 Å². The molecule has 0 radical (unpaired) electrons. The monoisotopic (exact) mass is 398 g/mol. The maximum Gasteiger partial charge on any atom is 0.253 e. The van der Waals surface area contributed by atoms with Crippen LogP contribution in [-0.4, -0.2) is 44.4 Å². The molecule has 4 rings (SSSR count). The topological polar surface area (TPSA) is 66.5 Å². The van der Waals surface area contributed by atoms with Crippen LogP contribution < -0.4 is 5.32 Å². The zero-order valence-electron chi connectivity index (χ0n) is 16.0. The van der Waals surface area contributed by atoms with Crippen molar-refractivity contribution in [3.8, 4) is 0 Å². The average molecular weight is 399 g/mol. The highest BCUT2D eigenvalue weighted by Crippen LogP contribution is 2.30. The number of amides is 1. The Morgan fingerprint density at radius 1 is 1.04 bits per heavy atom. The maximum atomic E-state index is 13.0. The molecule has 2 saturated heterocycles. The van der Waals surface area contributed by atoms with Gasteiger partial charge in [0.05, 0.1) is 10.6 Å². The lowest BCUT2D eigenvalue weighted by Crippen LogP contribution is -2.48. The van der Waals surface area contributed by atoms with Crippen molar-refractivity contribution in [3.05, 3.63) is 65.7 Å². The minimum absolute atomic E-state index is 0.0705. The van der Waals surface area contributed by atoms with Gasteiger partial charge in [-0.3, -0.25) is 4.79 Å². The van der Waals surface area contributed by atoms with Gasteiger partial charge in [-0.05, 0) is 49.4 Å². The Morgan fingerprint density at radius 3 is 2.39 bits per heavy atom. The first-order valence-electron chi connectivity index (χ1n) is 9.82. The van der Waals surface area contributed by atoms with Crippen LogP contribution in [0.1, 0.15) is 41.6 Å². The van der Waals surface area contributed by atoms with Crippen LogP contribution in [0.2, 0.25) is 0 Å². The Morgan fingerprint density at radius 2 is 1.71 bits per heavy atom. The van der Waals surface area contributed by atoms with Gasteiger partial charge in [-0.2, -0.15) is 0 Å². The molecule has 0 saturated carbocycles. The lowest BCUT2D eigenvalue weighted by Gasteiger charge is -2.35. The smallest absolute Gasteiger partial charge is 0.253 e. The number of carbonyl (C=O) groups is 1. The van der Waals surface area contributed by atoms with Gasteiger partial charge >= 0.3 is 0 Å². The van der Waals surface area contributed by atoms with Crippen LogP contribution in [0.4, 0.5) is 0 Å². The molecular weight excluding hydrogens is 372 g/mol. The fourth-order valence-electron chi connectivity index (χ4n) is 4.41. The van der Waals surface area contributed by atoms with Gasteiger partial charge in [0.1, 0.15) is 0 Å². The van der Waals surface area contributed by atoms with Crippen molar-refractivity contribution < 1.29 is 13.2 Å². The highest BCUT2D eigenvalue weighted by Gasteiger charge is 2.36. The van der Waals surface area contributed by atoms with E-state index < -0.39 is 9.84 Å². The van der Waals surface area contributed by atoms with Gasteiger partial charge in [0.15, 0.2) is 9.84 Å². The van der Waals surface area contributed by atoms with Gasteiger partial charge in [0.25, 0.3) is 5.91 Å². The van der Waals surface area contributed by atoms with Crippen LogP contribution >= 0.6 is 0 Å². The molecule has 2 aliphatic heterocycles. The van der Waals surface area contributed by atoms with Crippen LogP contribution in [0.25, 0.3) is 0 Å². The first-order chi connectivity index (χ1) is 13.4. The average Bonchev–Trinajstić information content (AvgIpc) is 3.05. The van der Waals surface area contributed by atoms with E-state index in [0.29, 0.717) is 17.6 Å². The van der Waals surface area contributed by atoms with Gasteiger partial charge in [0, 0.05) is 30.7 Å². The minimum atomic E-state index is -3.51. The summed E-state index contributed by atoms with van der Waals surface area (Å²) in [6.07, 6.45) is 4.28. The standard InChI is InChI=1S/C22H26N2O3S/c1-24(20-13-18-10-11-19(14-20)23-18)22(25)17-8-5-9-21(12-17)28(26,27)15-16-6-3-2-4-7-16/h2-9,12,18-20,23H,10-11,13-15H2,1H3. The molecule has 2 aliphatic rings. The number of carbonyl (C=O) groups excluding carboxylic acids is 1. The predicted octanol–water partition coefficient (Wildman–Crippen LogP) is 3.02. The van der Waals surface area contributed by atoms with Crippen LogP contribution in [0.15, 0.2) is 59.5 Å². The molecule has 2 aromatic rings. The Kier molecular flexibility index (Phi) is 5.25. The van der Waals surface area contributed by atoms with E-state index in [-0.39, 0.29) is 22.6 Å². The van der Waals surface area contributed by atoms with E-state index in [0.717, 1.165) is 18.4 Å². The number of piperidine rings is 1. The summed E-state index contributed by atoms with van der Waals surface area (Å²) in [5, 5.41) is 3.59. The Bertz CT molecular complexity index is 947. The van der Waals surface area contributed by atoms with Gasteiger partial charge in [-0.1, -0.05) is 36.4 Å². The fourth-order valence-corrected chi connectivity index (χ4v) is 5.80. The van der Waals surface area contributed by atoms with Crippen molar-refractivity contribution in [3.63, 3.8) is 0 Å². The summed E-state index contributed by atoms with van der Waals surface area (Å²) in [5.74, 6) is -0.179. The molecule has 2 fully saturated rings. The number of fused-ring (bicyclic) bond motifs is 2. The zero-order valence-corrected chi connectivity index (χ0v) is 16.9. The second kappa shape index (κ2) is 7.68. The lowest BCUT2D eigenvalue weighted by atomic mass is 9.98. The van der Waals surface area contributed by atoms with E-state index in [1.807, 2.05) is 25.2 Å². The molecule has 6 heteroatoms. The van der Waals surface area contributed by atoms with Crippen molar-refractivity contribution in [1.82, 2.24) is 10.2 Å². The summed E-state index contributed by atoms with van der Waals surface area (Å²) >= 11 is 0. The van der Waals surface area contributed by atoms with Crippen molar-refractivity contribution in [1.29, 1.82) is 0 Å². The number of rotatable bonds is 5. The minimum Gasteiger partial charge on any atom is -0.339 e. The lowest BCUT2D eigenvalue weighted by molar-refractivity contribution is 0.0681. The van der Waals surface area contributed by atoms with Gasteiger partial charge in [-0.15, -0.1) is 0 Å². The molecule has 0 spiro atoms. The molecule has 148 valence electrons. The molecule has 2 atom stereocenters. The SMILES string of the molecule is CN(C(=O)c1cccc(S(=O)(=O)Cc2ccccc2)c1)C1CC2CCC(C1)N2. The molecule has 2 heterocycles. The number of benzene rings is 2. The van der Waals surface area contributed by atoms with E-state index in [1.54, 1.807) is 35.2 Å². The van der Waals surface area contributed by atoms with E-state index in [1.165, 1.54) is 18.9 Å². The third-order valence-corrected chi connectivity index (χ3v) is 7.64. The highest BCUT2D eigenvalue weighted by molar-refractivity contribution is 7.90. The summed E-state index contributed by atoms with van der Waals surface area (Å²) in [6, 6.07) is 16.8. The number of nitrogens with one attached hydrogen (secondary N) is 1. The van der Waals surface area contributed by atoms with Crippen molar-refractivity contribution >= 4 is 15.7 Å². The Balaban J connectivity index is 1.52. The number of nitrogens with zero attached hydrogens (tertiary/aromatic N) is 1. The summed E-state index contributed by atoms with van der Waals surface area (Å²) in [4.78, 5) is 15.0. The number of hydrogen-bond acceptors (Lipinski definition) is 4. The Hall–Kier alpha value is -2.18. The number of sulfone groups is 1. The molecule has 2 unspecified atom stereocenters. The van der Waals surface area contributed by atoms with Crippen molar-refractivity contribution in [2.45, 2.75) is 54.5 Å². The zero-order chi connectivity index (χ0) is 19.7. The second-order valence-electron chi connectivity index (χ2n) is 7.95.